The number of ether oxygens (including phenoxy) is 1. The van der Waals surface area contributed by atoms with Crippen molar-refractivity contribution in [2.45, 2.75) is 38.8 Å². The lowest BCUT2D eigenvalue weighted by Crippen LogP contribution is -2.67. The van der Waals surface area contributed by atoms with E-state index in [2.05, 4.69) is 35.1 Å². The highest BCUT2D eigenvalue weighted by Crippen LogP contribution is 2.54. The van der Waals surface area contributed by atoms with Gasteiger partial charge < -0.3 is 15.0 Å². The van der Waals surface area contributed by atoms with E-state index in [1.807, 2.05) is 7.05 Å². The van der Waals surface area contributed by atoms with Gasteiger partial charge in [-0.1, -0.05) is 13.8 Å². The van der Waals surface area contributed by atoms with Gasteiger partial charge in [0.25, 0.3) is 5.91 Å². The molecule has 1 aromatic rings. The molecule has 0 radical (unpaired) electrons. The van der Waals surface area contributed by atoms with Gasteiger partial charge in [0.1, 0.15) is 5.82 Å². The molecule has 0 aromatic heterocycles. The molecule has 1 N–H and O–H groups in total. The summed E-state index contributed by atoms with van der Waals surface area (Å²) < 4.78 is 19.6. The van der Waals surface area contributed by atoms with Crippen LogP contribution in [0.5, 0.6) is 0 Å². The number of nitrogens with zero attached hydrogens (tertiary/aromatic N) is 1. The fraction of sp³-hybridized carbons (Fsp3) is 0.579. The van der Waals surface area contributed by atoms with Crippen molar-refractivity contribution >= 4 is 27.7 Å². The van der Waals surface area contributed by atoms with E-state index >= 15 is 0 Å². The van der Waals surface area contributed by atoms with E-state index in [1.54, 1.807) is 4.90 Å². The minimum absolute atomic E-state index is 0.00738. The number of hydrogen-bond acceptors (Lipinski definition) is 3. The van der Waals surface area contributed by atoms with Crippen molar-refractivity contribution in [1.29, 1.82) is 0 Å². The summed E-state index contributed by atoms with van der Waals surface area (Å²) in [6, 6.07) is 4.10. The topological polar surface area (TPSA) is 58.6 Å². The number of carbonyl (C=O) groups is 2. The molecule has 2 fully saturated rings. The largest absolute Gasteiger partial charge is 0.377 e. The Hall–Kier alpha value is -1.47. The highest BCUT2D eigenvalue weighted by molar-refractivity contribution is 9.10. The molecule has 1 aliphatic carbocycles. The molecule has 3 rings (SSSR count). The van der Waals surface area contributed by atoms with E-state index in [0.29, 0.717) is 10.4 Å². The molecule has 7 heteroatoms. The first-order chi connectivity index (χ1) is 12.2. The van der Waals surface area contributed by atoms with E-state index in [4.69, 9.17) is 4.74 Å². The van der Waals surface area contributed by atoms with Crippen LogP contribution in [0.1, 0.15) is 37.0 Å². The smallest absolute Gasteiger partial charge is 0.252 e. The molecule has 3 unspecified atom stereocenters. The third-order valence-electron chi connectivity index (χ3n) is 5.65. The summed E-state index contributed by atoms with van der Waals surface area (Å²) in [5.41, 5.74) is 0.165. The van der Waals surface area contributed by atoms with Gasteiger partial charge in [0.2, 0.25) is 5.91 Å². The first kappa shape index (κ1) is 19.3. The van der Waals surface area contributed by atoms with Crippen molar-refractivity contribution in [2.75, 3.05) is 20.2 Å². The van der Waals surface area contributed by atoms with Crippen molar-refractivity contribution in [1.82, 2.24) is 10.2 Å². The maximum absolute atomic E-state index is 13.3. The van der Waals surface area contributed by atoms with Crippen LogP contribution in [0.15, 0.2) is 22.7 Å². The molecule has 2 amide bonds. The number of amides is 2. The van der Waals surface area contributed by atoms with Crippen LogP contribution in [-0.4, -0.2) is 49.1 Å². The van der Waals surface area contributed by atoms with Crippen molar-refractivity contribution in [3.05, 3.63) is 34.1 Å². The van der Waals surface area contributed by atoms with Gasteiger partial charge in [-0.25, -0.2) is 4.39 Å². The minimum atomic E-state index is -0.477. The molecule has 0 bridgehead atoms. The van der Waals surface area contributed by atoms with Gasteiger partial charge in [0.05, 0.1) is 11.7 Å². The Balaban J connectivity index is 1.53. The van der Waals surface area contributed by atoms with Crippen LogP contribution in [0.2, 0.25) is 0 Å². The molecular formula is C19H24BrFN2O3. The first-order valence-electron chi connectivity index (χ1n) is 8.84. The van der Waals surface area contributed by atoms with Gasteiger partial charge in [-0.3, -0.25) is 9.59 Å². The quantitative estimate of drug-likeness (QED) is 0.786. The predicted octanol–water partition coefficient (Wildman–Crippen LogP) is 2.98. The van der Waals surface area contributed by atoms with Crippen LogP contribution in [0.4, 0.5) is 4.39 Å². The van der Waals surface area contributed by atoms with Gasteiger partial charge in [0.15, 0.2) is 0 Å². The van der Waals surface area contributed by atoms with Crippen molar-refractivity contribution in [2.24, 2.45) is 11.3 Å². The second-order valence-corrected chi connectivity index (χ2v) is 8.50. The van der Waals surface area contributed by atoms with E-state index in [-0.39, 0.29) is 42.0 Å². The molecule has 1 heterocycles. The molecular weight excluding hydrogens is 403 g/mol. The maximum Gasteiger partial charge on any atom is 0.252 e. The lowest BCUT2D eigenvalue weighted by Gasteiger charge is -2.57. The normalized spacial score (nSPS) is 26.0. The molecule has 3 atom stereocenters. The lowest BCUT2D eigenvalue weighted by atomic mass is 9.57. The van der Waals surface area contributed by atoms with Gasteiger partial charge >= 0.3 is 0 Å². The fourth-order valence-corrected chi connectivity index (χ4v) is 4.89. The van der Waals surface area contributed by atoms with Crippen LogP contribution < -0.4 is 5.32 Å². The summed E-state index contributed by atoms with van der Waals surface area (Å²) >= 11 is 3.24. The van der Waals surface area contributed by atoms with E-state index < -0.39 is 11.7 Å². The Morgan fingerprint density at radius 1 is 1.42 bits per heavy atom. The first-order valence-corrected chi connectivity index (χ1v) is 9.63. The summed E-state index contributed by atoms with van der Waals surface area (Å²) in [6.07, 6.45) is 1.42. The number of rotatable bonds is 5. The van der Waals surface area contributed by atoms with Gasteiger partial charge in [-0.2, -0.15) is 0 Å². The maximum atomic E-state index is 13.3. The van der Waals surface area contributed by atoms with Crippen molar-refractivity contribution in [3.8, 4) is 0 Å². The van der Waals surface area contributed by atoms with Crippen LogP contribution >= 0.6 is 15.9 Å². The van der Waals surface area contributed by atoms with Crippen LogP contribution in [0.25, 0.3) is 0 Å². The molecule has 1 aliphatic heterocycles. The Bertz CT molecular complexity index is 725. The third kappa shape index (κ3) is 3.39. The zero-order valence-electron chi connectivity index (χ0n) is 15.2. The molecule has 1 aromatic carbocycles. The highest BCUT2D eigenvalue weighted by Gasteiger charge is 2.61. The Morgan fingerprint density at radius 2 is 2.15 bits per heavy atom. The summed E-state index contributed by atoms with van der Waals surface area (Å²) in [5, 5.41) is 2.69. The Labute approximate surface area is 161 Å². The van der Waals surface area contributed by atoms with Gasteiger partial charge in [-0.15, -0.1) is 0 Å². The lowest BCUT2D eigenvalue weighted by molar-refractivity contribution is -0.167. The van der Waals surface area contributed by atoms with Gasteiger partial charge in [-0.05, 0) is 40.5 Å². The zero-order valence-corrected chi connectivity index (χ0v) is 16.8. The second kappa shape index (κ2) is 7.27. The molecule has 0 spiro atoms. The third-order valence-corrected chi connectivity index (χ3v) is 6.34. The highest BCUT2D eigenvalue weighted by atomic mass is 79.9. The molecule has 2 aliphatic rings. The minimum Gasteiger partial charge on any atom is -0.377 e. The number of carbonyl (C=O) groups excluding carboxylic acids is 2. The average molecular weight is 427 g/mol. The number of nitrogens with one attached hydrogen (secondary N) is 1. The number of hydrogen-bond donors (Lipinski definition) is 1. The number of halogens is 2. The number of benzene rings is 1. The summed E-state index contributed by atoms with van der Waals surface area (Å²) in [6.45, 7) is 5.24. The van der Waals surface area contributed by atoms with E-state index in [0.717, 1.165) is 13.0 Å². The molecule has 142 valence electrons. The van der Waals surface area contributed by atoms with E-state index in [9.17, 15) is 14.0 Å². The van der Waals surface area contributed by atoms with Crippen LogP contribution in [0.3, 0.4) is 0 Å². The zero-order chi connectivity index (χ0) is 19.1. The van der Waals surface area contributed by atoms with E-state index in [1.165, 1.54) is 18.2 Å². The molecule has 5 nitrogen and oxygen atoms in total. The summed E-state index contributed by atoms with van der Waals surface area (Å²) in [5.74, 6) is -0.487. The standard InChI is InChI=1S/C19H24BrFN2O3/c1-19(2)16(12-7-9-26-17(12)19)23(3)15(24)6-8-22-18(25)13-10-11(21)4-5-14(13)20/h4-5,10,12,16-17H,6-9H2,1-3H3,(H,22,25). The van der Waals surface area contributed by atoms with Crippen LogP contribution in [-0.2, 0) is 9.53 Å². The predicted molar refractivity (Wildman–Crippen MR) is 99.2 cm³/mol. The van der Waals surface area contributed by atoms with Crippen molar-refractivity contribution in [3.63, 3.8) is 0 Å². The molecule has 26 heavy (non-hydrogen) atoms. The molecule has 1 saturated carbocycles. The summed E-state index contributed by atoms with van der Waals surface area (Å²) in [7, 11) is 1.83. The average Bonchev–Trinajstić information content (AvgIpc) is 3.03. The van der Waals surface area contributed by atoms with Crippen molar-refractivity contribution < 1.29 is 18.7 Å². The van der Waals surface area contributed by atoms with Crippen LogP contribution in [0, 0.1) is 17.2 Å². The van der Waals surface area contributed by atoms with Gasteiger partial charge in [0, 0.05) is 48.5 Å². The summed E-state index contributed by atoms with van der Waals surface area (Å²) in [4.78, 5) is 26.5. The number of fused-ring (bicyclic) bond motifs is 1. The SMILES string of the molecule is CN(C(=O)CCNC(=O)c1cc(F)ccc1Br)C1C2CCOC2C1(C)C. The molecule has 1 saturated heterocycles. The monoisotopic (exact) mass is 426 g/mol. The fourth-order valence-electron chi connectivity index (χ4n) is 4.47. The second-order valence-electron chi connectivity index (χ2n) is 7.64. The Morgan fingerprint density at radius 3 is 2.88 bits per heavy atom. The Kier molecular flexibility index (Phi) is 5.40.